The Labute approximate surface area is 158 Å². The number of benzene rings is 2. The molecule has 0 aliphatic rings. The predicted molar refractivity (Wildman–Crippen MR) is 106 cm³/mol. The quantitative estimate of drug-likeness (QED) is 0.570. The van der Waals surface area contributed by atoms with Gasteiger partial charge in [0.25, 0.3) is 0 Å². The Hall–Kier alpha value is -2.53. The summed E-state index contributed by atoms with van der Waals surface area (Å²) in [5.74, 6) is 2.27. The molecule has 0 aliphatic heterocycles. The Morgan fingerprint density at radius 3 is 2.35 bits per heavy atom. The van der Waals surface area contributed by atoms with E-state index in [4.69, 9.17) is 9.47 Å². The molecule has 26 heavy (non-hydrogen) atoms. The molecule has 0 radical (unpaired) electrons. The van der Waals surface area contributed by atoms with Crippen LogP contribution in [-0.2, 0) is 5.75 Å². The molecule has 5 heteroatoms. The fourth-order valence-corrected chi connectivity index (χ4v) is 3.53. The average molecular weight is 366 g/mol. The molecule has 0 saturated heterocycles. The first-order valence-corrected chi connectivity index (χ1v) is 9.34. The van der Waals surface area contributed by atoms with Gasteiger partial charge in [0, 0.05) is 11.3 Å². The molecule has 0 atom stereocenters. The Kier molecular flexibility index (Phi) is 5.78. The van der Waals surface area contributed by atoms with Gasteiger partial charge in [0.1, 0.15) is 5.03 Å². The fourth-order valence-electron chi connectivity index (χ4n) is 2.65. The number of methoxy groups -OCH3 is 2. The van der Waals surface area contributed by atoms with Gasteiger partial charge in [-0.2, -0.15) is 0 Å². The molecule has 2 aromatic carbocycles. The Morgan fingerprint density at radius 1 is 0.846 bits per heavy atom. The van der Waals surface area contributed by atoms with E-state index in [1.165, 1.54) is 16.7 Å². The standard InChI is InChI=1S/C21H22N2O2S/c1-14-5-6-15(2)17(11-14)13-26-21-10-8-18(22-23-21)16-7-9-19(24-3)20(12-16)25-4/h5-12H,13H2,1-4H3. The molecule has 1 heterocycles. The summed E-state index contributed by atoms with van der Waals surface area (Å²) in [7, 11) is 3.25. The Balaban J connectivity index is 1.73. The van der Waals surface area contributed by atoms with E-state index in [-0.39, 0.29) is 0 Å². The van der Waals surface area contributed by atoms with Crippen LogP contribution in [0.3, 0.4) is 0 Å². The Morgan fingerprint density at radius 2 is 1.65 bits per heavy atom. The van der Waals surface area contributed by atoms with E-state index in [0.29, 0.717) is 11.5 Å². The van der Waals surface area contributed by atoms with E-state index in [9.17, 15) is 0 Å². The third kappa shape index (κ3) is 4.17. The minimum atomic E-state index is 0.681. The molecule has 3 aromatic rings. The van der Waals surface area contributed by atoms with Crippen molar-refractivity contribution in [3.05, 3.63) is 65.2 Å². The molecule has 134 valence electrons. The number of thioether (sulfide) groups is 1. The summed E-state index contributed by atoms with van der Waals surface area (Å²) in [6.07, 6.45) is 0. The Bertz CT molecular complexity index is 895. The highest BCUT2D eigenvalue weighted by molar-refractivity contribution is 7.98. The molecule has 0 unspecified atom stereocenters. The highest BCUT2D eigenvalue weighted by atomic mass is 32.2. The van der Waals surface area contributed by atoms with Crippen LogP contribution in [0.25, 0.3) is 11.3 Å². The third-order valence-corrected chi connectivity index (χ3v) is 5.17. The number of aromatic nitrogens is 2. The van der Waals surface area contributed by atoms with Crippen LogP contribution in [0.5, 0.6) is 11.5 Å². The van der Waals surface area contributed by atoms with Gasteiger partial charge in [-0.25, -0.2) is 0 Å². The van der Waals surface area contributed by atoms with Gasteiger partial charge in [0.15, 0.2) is 11.5 Å². The lowest BCUT2D eigenvalue weighted by Crippen LogP contribution is -1.94. The van der Waals surface area contributed by atoms with Crippen molar-refractivity contribution in [3.8, 4) is 22.8 Å². The molecular weight excluding hydrogens is 344 g/mol. The lowest BCUT2D eigenvalue weighted by Gasteiger charge is -2.09. The van der Waals surface area contributed by atoms with E-state index in [2.05, 4.69) is 42.2 Å². The number of hydrogen-bond donors (Lipinski definition) is 0. The highest BCUT2D eigenvalue weighted by Gasteiger charge is 2.08. The van der Waals surface area contributed by atoms with Crippen LogP contribution >= 0.6 is 11.8 Å². The zero-order valence-electron chi connectivity index (χ0n) is 15.4. The molecule has 0 amide bonds. The summed E-state index contributed by atoms with van der Waals surface area (Å²) < 4.78 is 10.6. The van der Waals surface area contributed by atoms with E-state index in [0.717, 1.165) is 22.0 Å². The van der Waals surface area contributed by atoms with Crippen LogP contribution in [0.1, 0.15) is 16.7 Å². The van der Waals surface area contributed by atoms with Crippen molar-refractivity contribution in [2.75, 3.05) is 14.2 Å². The molecule has 4 nitrogen and oxygen atoms in total. The normalized spacial score (nSPS) is 10.6. The monoisotopic (exact) mass is 366 g/mol. The summed E-state index contributed by atoms with van der Waals surface area (Å²) in [6, 6.07) is 16.3. The lowest BCUT2D eigenvalue weighted by atomic mass is 10.1. The maximum absolute atomic E-state index is 5.35. The predicted octanol–water partition coefficient (Wildman–Crippen LogP) is 5.07. The molecule has 1 aromatic heterocycles. The number of ether oxygens (including phenoxy) is 2. The number of hydrogen-bond acceptors (Lipinski definition) is 5. The molecule has 0 spiro atoms. The molecular formula is C21H22N2O2S. The van der Waals surface area contributed by atoms with Gasteiger partial charge >= 0.3 is 0 Å². The zero-order valence-corrected chi connectivity index (χ0v) is 16.3. The van der Waals surface area contributed by atoms with Crippen molar-refractivity contribution >= 4 is 11.8 Å². The van der Waals surface area contributed by atoms with Crippen molar-refractivity contribution in [2.24, 2.45) is 0 Å². The van der Waals surface area contributed by atoms with E-state index in [1.54, 1.807) is 26.0 Å². The van der Waals surface area contributed by atoms with E-state index < -0.39 is 0 Å². The maximum atomic E-state index is 5.35. The minimum Gasteiger partial charge on any atom is -0.493 e. The minimum absolute atomic E-state index is 0.681. The first kappa shape index (κ1) is 18.3. The number of nitrogens with zero attached hydrogens (tertiary/aromatic N) is 2. The molecule has 0 bridgehead atoms. The highest BCUT2D eigenvalue weighted by Crippen LogP contribution is 2.32. The topological polar surface area (TPSA) is 44.2 Å². The van der Waals surface area contributed by atoms with Crippen LogP contribution in [-0.4, -0.2) is 24.4 Å². The van der Waals surface area contributed by atoms with Crippen LogP contribution in [0.2, 0.25) is 0 Å². The fraction of sp³-hybridized carbons (Fsp3) is 0.238. The van der Waals surface area contributed by atoms with E-state index in [1.807, 2.05) is 30.3 Å². The molecule has 3 rings (SSSR count). The average Bonchev–Trinajstić information content (AvgIpc) is 2.68. The summed E-state index contributed by atoms with van der Waals surface area (Å²) >= 11 is 1.70. The van der Waals surface area contributed by atoms with Crippen molar-refractivity contribution in [2.45, 2.75) is 24.6 Å². The molecule has 0 saturated carbocycles. The third-order valence-electron chi connectivity index (χ3n) is 4.20. The lowest BCUT2D eigenvalue weighted by molar-refractivity contribution is 0.355. The second-order valence-electron chi connectivity index (χ2n) is 6.05. The van der Waals surface area contributed by atoms with Gasteiger partial charge in [-0.3, -0.25) is 0 Å². The van der Waals surface area contributed by atoms with Gasteiger partial charge in [-0.1, -0.05) is 35.5 Å². The first-order chi connectivity index (χ1) is 12.6. The molecule has 0 fully saturated rings. The summed E-state index contributed by atoms with van der Waals surface area (Å²) in [5, 5.41) is 9.64. The van der Waals surface area contributed by atoms with Crippen molar-refractivity contribution < 1.29 is 9.47 Å². The van der Waals surface area contributed by atoms with Crippen LogP contribution < -0.4 is 9.47 Å². The molecule has 0 N–H and O–H groups in total. The summed E-state index contributed by atoms with van der Waals surface area (Å²) in [6.45, 7) is 4.26. The second kappa shape index (κ2) is 8.23. The van der Waals surface area contributed by atoms with Crippen molar-refractivity contribution in [1.82, 2.24) is 10.2 Å². The van der Waals surface area contributed by atoms with E-state index >= 15 is 0 Å². The number of aryl methyl sites for hydroxylation is 2. The van der Waals surface area contributed by atoms with Gasteiger partial charge in [0.05, 0.1) is 19.9 Å². The van der Waals surface area contributed by atoms with Gasteiger partial charge in [0.2, 0.25) is 0 Å². The van der Waals surface area contributed by atoms with Gasteiger partial charge in [-0.05, 0) is 55.3 Å². The van der Waals surface area contributed by atoms with Crippen LogP contribution in [0, 0.1) is 13.8 Å². The van der Waals surface area contributed by atoms with Crippen LogP contribution in [0.4, 0.5) is 0 Å². The van der Waals surface area contributed by atoms with Crippen LogP contribution in [0.15, 0.2) is 53.6 Å². The number of rotatable bonds is 6. The first-order valence-electron chi connectivity index (χ1n) is 8.36. The zero-order chi connectivity index (χ0) is 18.5. The van der Waals surface area contributed by atoms with Gasteiger partial charge < -0.3 is 9.47 Å². The SMILES string of the molecule is COc1ccc(-c2ccc(SCc3cc(C)ccc3C)nn2)cc1OC. The van der Waals surface area contributed by atoms with Crippen molar-refractivity contribution in [3.63, 3.8) is 0 Å². The molecule has 0 aliphatic carbocycles. The summed E-state index contributed by atoms with van der Waals surface area (Å²) in [4.78, 5) is 0. The van der Waals surface area contributed by atoms with Crippen molar-refractivity contribution in [1.29, 1.82) is 0 Å². The largest absolute Gasteiger partial charge is 0.493 e. The summed E-state index contributed by atoms with van der Waals surface area (Å²) in [5.41, 5.74) is 5.67. The maximum Gasteiger partial charge on any atom is 0.161 e. The smallest absolute Gasteiger partial charge is 0.161 e. The second-order valence-corrected chi connectivity index (χ2v) is 7.04. The van der Waals surface area contributed by atoms with Gasteiger partial charge in [-0.15, -0.1) is 10.2 Å².